The molecule has 2 rings (SSSR count). The molecule has 2 heterocycles. The Kier molecular flexibility index (Phi) is 7.52. The molecule has 0 bridgehead atoms. The number of carbonyl (C=O) groups excluding carboxylic acids is 2. The minimum absolute atomic E-state index is 0.0353. The number of rotatable bonds is 8. The van der Waals surface area contributed by atoms with Crippen molar-refractivity contribution in [2.45, 2.75) is 32.7 Å². The number of amides is 1. The third kappa shape index (κ3) is 5.49. The third-order valence-electron chi connectivity index (χ3n) is 4.44. The second kappa shape index (κ2) is 9.64. The van der Waals surface area contributed by atoms with Crippen LogP contribution in [0, 0.1) is 5.92 Å². The van der Waals surface area contributed by atoms with Crippen molar-refractivity contribution >= 4 is 11.9 Å². The number of hydrogen-bond acceptors (Lipinski definition) is 6. The van der Waals surface area contributed by atoms with Gasteiger partial charge in [0, 0.05) is 26.1 Å². The van der Waals surface area contributed by atoms with Crippen LogP contribution in [-0.4, -0.2) is 68.8 Å². The highest BCUT2D eigenvalue weighted by Crippen LogP contribution is 2.24. The van der Waals surface area contributed by atoms with E-state index in [1.54, 1.807) is 13.1 Å². The second-order valence-electron chi connectivity index (χ2n) is 6.25. The van der Waals surface area contributed by atoms with Crippen LogP contribution in [0.4, 0.5) is 0 Å². The molecule has 1 saturated heterocycles. The molecular formula is C17H29N3O4. The summed E-state index contributed by atoms with van der Waals surface area (Å²) in [6.45, 7) is 9.16. The lowest BCUT2D eigenvalue weighted by Gasteiger charge is -2.26. The number of esters is 1. The molecule has 0 aromatic rings. The second-order valence-corrected chi connectivity index (χ2v) is 6.25. The van der Waals surface area contributed by atoms with Crippen LogP contribution in [0.3, 0.4) is 0 Å². The van der Waals surface area contributed by atoms with E-state index in [9.17, 15) is 9.59 Å². The maximum Gasteiger partial charge on any atom is 0.315 e. The van der Waals surface area contributed by atoms with Crippen molar-refractivity contribution in [1.29, 1.82) is 0 Å². The van der Waals surface area contributed by atoms with Gasteiger partial charge in [0.25, 0.3) is 0 Å². The van der Waals surface area contributed by atoms with E-state index in [0.29, 0.717) is 13.2 Å². The van der Waals surface area contributed by atoms with E-state index < -0.39 is 0 Å². The van der Waals surface area contributed by atoms with Crippen molar-refractivity contribution < 1.29 is 19.1 Å². The van der Waals surface area contributed by atoms with Crippen LogP contribution in [0.25, 0.3) is 0 Å². The Morgan fingerprint density at radius 3 is 2.88 bits per heavy atom. The predicted molar refractivity (Wildman–Crippen MR) is 90.3 cm³/mol. The molecule has 0 aromatic carbocycles. The summed E-state index contributed by atoms with van der Waals surface area (Å²) in [7, 11) is 0. The topological polar surface area (TPSA) is 79.9 Å². The van der Waals surface area contributed by atoms with Gasteiger partial charge in [-0.2, -0.15) is 0 Å². The van der Waals surface area contributed by atoms with E-state index >= 15 is 0 Å². The molecule has 136 valence electrons. The monoisotopic (exact) mass is 339 g/mol. The fourth-order valence-corrected chi connectivity index (χ4v) is 3.13. The molecule has 2 unspecified atom stereocenters. The van der Waals surface area contributed by atoms with Crippen molar-refractivity contribution in [2.75, 3.05) is 46.0 Å². The highest BCUT2D eigenvalue weighted by atomic mass is 16.5. The molecule has 2 aliphatic rings. The van der Waals surface area contributed by atoms with Gasteiger partial charge in [0.1, 0.15) is 0 Å². The van der Waals surface area contributed by atoms with Gasteiger partial charge in [0.05, 0.1) is 31.8 Å². The van der Waals surface area contributed by atoms with Crippen LogP contribution in [0.15, 0.2) is 11.8 Å². The van der Waals surface area contributed by atoms with E-state index in [0.717, 1.165) is 44.8 Å². The van der Waals surface area contributed by atoms with E-state index in [4.69, 9.17) is 9.47 Å². The average molecular weight is 339 g/mol. The molecule has 2 aliphatic heterocycles. The normalized spacial score (nSPS) is 24.2. The molecule has 0 radical (unpaired) electrons. The van der Waals surface area contributed by atoms with Gasteiger partial charge in [0.15, 0.2) is 0 Å². The number of nitrogens with zero attached hydrogens (tertiary/aromatic N) is 1. The molecule has 1 fully saturated rings. The zero-order valence-corrected chi connectivity index (χ0v) is 14.7. The van der Waals surface area contributed by atoms with Gasteiger partial charge in [-0.15, -0.1) is 0 Å². The van der Waals surface area contributed by atoms with E-state index in [-0.39, 0.29) is 30.3 Å². The number of nitrogens with one attached hydrogen (secondary N) is 2. The van der Waals surface area contributed by atoms with E-state index in [2.05, 4.69) is 15.5 Å². The SMILES string of the molecule is CCOC(=O)C1C(C)=CNC1CC(=O)NCCCN1CCOCC1. The Balaban J connectivity index is 1.66. The number of morpholine rings is 1. The van der Waals surface area contributed by atoms with Gasteiger partial charge in [-0.3, -0.25) is 14.5 Å². The van der Waals surface area contributed by atoms with Crippen LogP contribution < -0.4 is 10.6 Å². The highest BCUT2D eigenvalue weighted by Gasteiger charge is 2.35. The lowest BCUT2D eigenvalue weighted by molar-refractivity contribution is -0.147. The van der Waals surface area contributed by atoms with Gasteiger partial charge in [-0.1, -0.05) is 0 Å². The highest BCUT2D eigenvalue weighted by molar-refractivity contribution is 5.81. The number of ether oxygens (including phenoxy) is 2. The molecule has 7 nitrogen and oxygen atoms in total. The Hall–Kier alpha value is -1.60. The summed E-state index contributed by atoms with van der Waals surface area (Å²) in [6.07, 6.45) is 3.00. The molecule has 24 heavy (non-hydrogen) atoms. The first-order valence-electron chi connectivity index (χ1n) is 8.78. The Bertz CT molecular complexity index is 461. The van der Waals surface area contributed by atoms with Crippen LogP contribution in [0.2, 0.25) is 0 Å². The van der Waals surface area contributed by atoms with Crippen molar-refractivity contribution in [3.05, 3.63) is 11.8 Å². The van der Waals surface area contributed by atoms with Crippen molar-refractivity contribution in [2.24, 2.45) is 5.92 Å². The van der Waals surface area contributed by atoms with Crippen molar-refractivity contribution in [3.8, 4) is 0 Å². The van der Waals surface area contributed by atoms with Gasteiger partial charge < -0.3 is 20.1 Å². The van der Waals surface area contributed by atoms with Gasteiger partial charge in [-0.25, -0.2) is 0 Å². The summed E-state index contributed by atoms with van der Waals surface area (Å²) in [6, 6.07) is -0.219. The maximum absolute atomic E-state index is 12.1. The standard InChI is InChI=1S/C17H29N3O4/c1-3-24-17(22)16-13(2)12-19-14(16)11-15(21)18-5-4-6-20-7-9-23-10-8-20/h12,14,16,19H,3-11H2,1-2H3,(H,18,21). The summed E-state index contributed by atoms with van der Waals surface area (Å²) < 4.78 is 10.4. The van der Waals surface area contributed by atoms with E-state index in [1.165, 1.54) is 0 Å². The number of hydrogen-bond donors (Lipinski definition) is 2. The minimum atomic E-state index is -0.371. The first-order valence-corrected chi connectivity index (χ1v) is 8.78. The first-order chi connectivity index (χ1) is 11.6. The van der Waals surface area contributed by atoms with Crippen LogP contribution in [0.1, 0.15) is 26.7 Å². The predicted octanol–water partition coefficient (Wildman–Crippen LogP) is 0.270. The molecule has 1 amide bonds. The quantitative estimate of drug-likeness (QED) is 0.488. The average Bonchev–Trinajstić information content (AvgIpc) is 2.93. The van der Waals surface area contributed by atoms with E-state index in [1.807, 2.05) is 6.92 Å². The lowest BCUT2D eigenvalue weighted by atomic mass is 9.93. The molecule has 7 heteroatoms. The number of carbonyl (C=O) groups is 2. The summed E-state index contributed by atoms with van der Waals surface area (Å²) >= 11 is 0. The summed E-state index contributed by atoms with van der Waals surface area (Å²) in [5.41, 5.74) is 0.915. The summed E-state index contributed by atoms with van der Waals surface area (Å²) in [5.74, 6) is -0.669. The zero-order chi connectivity index (χ0) is 17.4. The van der Waals surface area contributed by atoms with Crippen molar-refractivity contribution in [1.82, 2.24) is 15.5 Å². The smallest absolute Gasteiger partial charge is 0.315 e. The minimum Gasteiger partial charge on any atom is -0.465 e. The maximum atomic E-state index is 12.1. The fourth-order valence-electron chi connectivity index (χ4n) is 3.13. The molecule has 0 aromatic heterocycles. The van der Waals surface area contributed by atoms with Crippen LogP contribution in [0.5, 0.6) is 0 Å². The summed E-state index contributed by atoms with van der Waals surface area (Å²) in [5, 5.41) is 6.07. The van der Waals surface area contributed by atoms with Crippen molar-refractivity contribution in [3.63, 3.8) is 0 Å². The molecular weight excluding hydrogens is 310 g/mol. The Morgan fingerprint density at radius 2 is 2.17 bits per heavy atom. The van der Waals surface area contributed by atoms with Gasteiger partial charge in [0.2, 0.25) is 5.91 Å². The fraction of sp³-hybridized carbons (Fsp3) is 0.765. The zero-order valence-electron chi connectivity index (χ0n) is 14.7. The Morgan fingerprint density at radius 1 is 1.42 bits per heavy atom. The first kappa shape index (κ1) is 18.7. The molecule has 2 N–H and O–H groups in total. The molecule has 0 saturated carbocycles. The third-order valence-corrected chi connectivity index (χ3v) is 4.44. The summed E-state index contributed by atoms with van der Waals surface area (Å²) in [4.78, 5) is 26.5. The largest absolute Gasteiger partial charge is 0.465 e. The van der Waals surface area contributed by atoms with Crippen LogP contribution in [-0.2, 0) is 19.1 Å². The van der Waals surface area contributed by atoms with Gasteiger partial charge in [-0.05, 0) is 38.6 Å². The lowest BCUT2D eigenvalue weighted by Crippen LogP contribution is -2.40. The Labute approximate surface area is 143 Å². The molecule has 0 aliphatic carbocycles. The molecule has 0 spiro atoms. The molecule has 2 atom stereocenters. The van der Waals surface area contributed by atoms with Gasteiger partial charge >= 0.3 is 5.97 Å². The van der Waals surface area contributed by atoms with Crippen LogP contribution >= 0.6 is 0 Å².